The molecule has 1 aliphatic heterocycles. The van der Waals surface area contributed by atoms with Crippen molar-refractivity contribution in [3.8, 4) is 12.3 Å². The SMILES string of the molecule is C#CCN(CC(=O)O)C(=O)C1(C)CCCCN1. The number of rotatable bonds is 4. The van der Waals surface area contributed by atoms with Crippen LogP contribution in [0.4, 0.5) is 0 Å². The van der Waals surface area contributed by atoms with Gasteiger partial charge in [-0.25, -0.2) is 0 Å². The van der Waals surface area contributed by atoms with Gasteiger partial charge in [-0.05, 0) is 32.7 Å². The highest BCUT2D eigenvalue weighted by molar-refractivity contribution is 5.89. The Balaban J connectivity index is 2.75. The molecule has 17 heavy (non-hydrogen) atoms. The molecule has 1 rings (SSSR count). The molecule has 1 aliphatic rings. The van der Waals surface area contributed by atoms with Crippen molar-refractivity contribution < 1.29 is 14.7 Å². The summed E-state index contributed by atoms with van der Waals surface area (Å²) >= 11 is 0. The molecule has 0 bridgehead atoms. The van der Waals surface area contributed by atoms with E-state index in [4.69, 9.17) is 11.5 Å². The van der Waals surface area contributed by atoms with Crippen LogP contribution in [0.5, 0.6) is 0 Å². The fourth-order valence-corrected chi connectivity index (χ4v) is 2.06. The van der Waals surface area contributed by atoms with Crippen molar-refractivity contribution in [1.29, 1.82) is 0 Å². The number of hydrogen-bond donors (Lipinski definition) is 2. The maximum atomic E-state index is 12.2. The topological polar surface area (TPSA) is 69.6 Å². The van der Waals surface area contributed by atoms with E-state index in [2.05, 4.69) is 11.2 Å². The third kappa shape index (κ3) is 3.46. The molecule has 0 aliphatic carbocycles. The van der Waals surface area contributed by atoms with Crippen LogP contribution in [0.2, 0.25) is 0 Å². The lowest BCUT2D eigenvalue weighted by molar-refractivity contribution is -0.147. The Bertz CT molecular complexity index is 340. The van der Waals surface area contributed by atoms with Crippen molar-refractivity contribution in [1.82, 2.24) is 10.2 Å². The van der Waals surface area contributed by atoms with E-state index in [1.165, 1.54) is 4.90 Å². The molecule has 0 aromatic carbocycles. The van der Waals surface area contributed by atoms with Crippen LogP contribution in [-0.2, 0) is 9.59 Å². The van der Waals surface area contributed by atoms with E-state index >= 15 is 0 Å². The molecule has 0 radical (unpaired) electrons. The molecule has 5 heteroatoms. The van der Waals surface area contributed by atoms with Crippen molar-refractivity contribution >= 4 is 11.9 Å². The number of carboxylic acid groups (broad SMARTS) is 1. The summed E-state index contributed by atoms with van der Waals surface area (Å²) in [5, 5.41) is 11.9. The predicted octanol–water partition coefficient (Wildman–Crippen LogP) is 0.0650. The lowest BCUT2D eigenvalue weighted by Crippen LogP contribution is -2.58. The maximum absolute atomic E-state index is 12.2. The van der Waals surface area contributed by atoms with Crippen LogP contribution in [0.25, 0.3) is 0 Å². The number of carbonyl (C=O) groups excluding carboxylic acids is 1. The van der Waals surface area contributed by atoms with Crippen LogP contribution in [0.15, 0.2) is 0 Å². The van der Waals surface area contributed by atoms with Gasteiger partial charge in [0.1, 0.15) is 6.54 Å². The molecule has 1 heterocycles. The van der Waals surface area contributed by atoms with Crippen molar-refractivity contribution in [2.24, 2.45) is 0 Å². The summed E-state index contributed by atoms with van der Waals surface area (Å²) in [7, 11) is 0. The van der Waals surface area contributed by atoms with Crippen LogP contribution in [0, 0.1) is 12.3 Å². The summed E-state index contributed by atoms with van der Waals surface area (Å²) in [6.07, 6.45) is 7.88. The van der Waals surface area contributed by atoms with Gasteiger partial charge >= 0.3 is 5.97 Å². The molecule has 2 N–H and O–H groups in total. The second kappa shape index (κ2) is 5.69. The largest absolute Gasteiger partial charge is 0.480 e. The summed E-state index contributed by atoms with van der Waals surface area (Å²) in [5.74, 6) is 1.05. The van der Waals surface area contributed by atoms with Gasteiger partial charge in [-0.1, -0.05) is 5.92 Å². The number of hydrogen-bond acceptors (Lipinski definition) is 3. The number of carboxylic acids is 1. The van der Waals surface area contributed by atoms with Crippen LogP contribution >= 0.6 is 0 Å². The molecular weight excluding hydrogens is 220 g/mol. The lowest BCUT2D eigenvalue weighted by Gasteiger charge is -2.36. The van der Waals surface area contributed by atoms with Crippen molar-refractivity contribution in [2.45, 2.75) is 31.7 Å². The third-order valence-electron chi connectivity index (χ3n) is 2.99. The van der Waals surface area contributed by atoms with E-state index in [0.717, 1.165) is 19.4 Å². The highest BCUT2D eigenvalue weighted by Crippen LogP contribution is 2.21. The highest BCUT2D eigenvalue weighted by atomic mass is 16.4. The first-order chi connectivity index (χ1) is 7.99. The molecule has 94 valence electrons. The molecule has 0 saturated carbocycles. The van der Waals surface area contributed by atoms with E-state index in [9.17, 15) is 9.59 Å². The van der Waals surface area contributed by atoms with E-state index in [1.807, 2.05) is 0 Å². The van der Waals surface area contributed by atoms with E-state index in [-0.39, 0.29) is 19.0 Å². The second-order valence-electron chi connectivity index (χ2n) is 4.48. The van der Waals surface area contributed by atoms with Crippen LogP contribution < -0.4 is 5.32 Å². The van der Waals surface area contributed by atoms with Gasteiger partial charge in [0.15, 0.2) is 0 Å². The number of piperidine rings is 1. The van der Waals surface area contributed by atoms with Crippen molar-refractivity contribution in [3.63, 3.8) is 0 Å². The number of aliphatic carboxylic acids is 1. The van der Waals surface area contributed by atoms with E-state index in [1.54, 1.807) is 6.92 Å². The number of amides is 1. The molecule has 5 nitrogen and oxygen atoms in total. The first kappa shape index (κ1) is 13.5. The van der Waals surface area contributed by atoms with Crippen molar-refractivity contribution in [3.05, 3.63) is 0 Å². The monoisotopic (exact) mass is 238 g/mol. The van der Waals surface area contributed by atoms with E-state index < -0.39 is 11.5 Å². The smallest absolute Gasteiger partial charge is 0.323 e. The Kier molecular flexibility index (Phi) is 4.53. The van der Waals surface area contributed by atoms with Crippen LogP contribution in [0.1, 0.15) is 26.2 Å². The van der Waals surface area contributed by atoms with Crippen LogP contribution in [0.3, 0.4) is 0 Å². The van der Waals surface area contributed by atoms with Gasteiger partial charge in [0.25, 0.3) is 0 Å². The van der Waals surface area contributed by atoms with Gasteiger partial charge in [0.05, 0.1) is 12.1 Å². The fourth-order valence-electron chi connectivity index (χ4n) is 2.06. The number of nitrogens with one attached hydrogen (secondary N) is 1. The Morgan fingerprint density at radius 2 is 2.24 bits per heavy atom. The Morgan fingerprint density at radius 3 is 2.71 bits per heavy atom. The van der Waals surface area contributed by atoms with E-state index in [0.29, 0.717) is 6.42 Å². The molecule has 0 aromatic rings. The molecule has 1 unspecified atom stereocenters. The first-order valence-corrected chi connectivity index (χ1v) is 5.69. The summed E-state index contributed by atoms with van der Waals surface area (Å²) in [6.45, 7) is 2.27. The number of carbonyl (C=O) groups is 2. The molecule has 1 saturated heterocycles. The average molecular weight is 238 g/mol. The molecular formula is C12H18N2O3. The van der Waals surface area contributed by atoms with Gasteiger partial charge in [-0.2, -0.15) is 0 Å². The van der Waals surface area contributed by atoms with Crippen LogP contribution in [-0.4, -0.2) is 47.1 Å². The minimum absolute atomic E-state index is 0.0302. The normalized spacial score (nSPS) is 23.8. The molecule has 0 spiro atoms. The average Bonchev–Trinajstić information content (AvgIpc) is 2.28. The Morgan fingerprint density at radius 1 is 1.53 bits per heavy atom. The standard InChI is InChI=1S/C12H18N2O3/c1-3-8-14(9-10(15)16)11(17)12(2)6-4-5-7-13-12/h1,13H,4-9H2,2H3,(H,15,16). The lowest BCUT2D eigenvalue weighted by atomic mass is 9.89. The Labute approximate surface area is 101 Å². The third-order valence-corrected chi connectivity index (χ3v) is 2.99. The molecule has 1 atom stereocenters. The summed E-state index contributed by atoms with van der Waals surface area (Å²) in [5.41, 5.74) is -0.676. The molecule has 1 amide bonds. The second-order valence-corrected chi connectivity index (χ2v) is 4.48. The first-order valence-electron chi connectivity index (χ1n) is 5.69. The van der Waals surface area contributed by atoms with Gasteiger partial charge in [0.2, 0.25) is 5.91 Å². The van der Waals surface area contributed by atoms with Gasteiger partial charge < -0.3 is 15.3 Å². The minimum atomic E-state index is -1.05. The minimum Gasteiger partial charge on any atom is -0.480 e. The zero-order chi connectivity index (χ0) is 12.9. The van der Waals surface area contributed by atoms with Gasteiger partial charge in [-0.3, -0.25) is 9.59 Å². The zero-order valence-electron chi connectivity index (χ0n) is 10.0. The zero-order valence-corrected chi connectivity index (χ0v) is 10.0. The predicted molar refractivity (Wildman–Crippen MR) is 63.3 cm³/mol. The number of nitrogens with zero attached hydrogens (tertiary/aromatic N) is 1. The quantitative estimate of drug-likeness (QED) is 0.680. The Hall–Kier alpha value is -1.54. The van der Waals surface area contributed by atoms with Gasteiger partial charge in [-0.15, -0.1) is 6.42 Å². The summed E-state index contributed by atoms with van der Waals surface area (Å²) in [6, 6.07) is 0. The molecule has 1 fully saturated rings. The summed E-state index contributed by atoms with van der Waals surface area (Å²) in [4.78, 5) is 24.2. The maximum Gasteiger partial charge on any atom is 0.323 e. The molecule has 0 aromatic heterocycles. The highest BCUT2D eigenvalue weighted by Gasteiger charge is 2.37. The van der Waals surface area contributed by atoms with Crippen molar-refractivity contribution in [2.75, 3.05) is 19.6 Å². The number of terminal acetylenes is 1. The summed E-state index contributed by atoms with van der Waals surface area (Å²) < 4.78 is 0. The fraction of sp³-hybridized carbons (Fsp3) is 0.667. The van der Waals surface area contributed by atoms with Gasteiger partial charge in [0, 0.05) is 0 Å².